The maximum atomic E-state index is 12.9. The van der Waals surface area contributed by atoms with Gasteiger partial charge in [0.2, 0.25) is 11.0 Å². The van der Waals surface area contributed by atoms with Crippen molar-refractivity contribution in [1.82, 2.24) is 15.1 Å². The maximum Gasteiger partial charge on any atom is 0.445 e. The molecular formula is C19H25N6O3S2+. The van der Waals surface area contributed by atoms with Crippen LogP contribution >= 0.6 is 23.1 Å². The smallest absolute Gasteiger partial charge is 0.300 e. The molecule has 0 fully saturated rings. The Kier molecular flexibility index (Phi) is 6.81. The molecule has 9 nitrogen and oxygen atoms in total. The second-order valence-electron chi connectivity index (χ2n) is 7.47. The zero-order chi connectivity index (χ0) is 22.0. The molecule has 2 aliphatic rings. The van der Waals surface area contributed by atoms with Gasteiger partial charge in [0.05, 0.1) is 19.8 Å². The highest BCUT2D eigenvalue weighted by Gasteiger charge is 2.48. The fraction of sp³-hybridized carbons (Fsp3) is 0.526. The van der Waals surface area contributed by atoms with Crippen LogP contribution in [0.15, 0.2) is 15.5 Å². The topological polar surface area (TPSA) is 108 Å². The molecule has 3 rings (SSSR count). The van der Waals surface area contributed by atoms with E-state index in [1.54, 1.807) is 13.3 Å². The Bertz CT molecular complexity index is 979. The first-order valence-electron chi connectivity index (χ1n) is 9.67. The highest BCUT2D eigenvalue weighted by Crippen LogP contribution is 2.36. The largest absolute Gasteiger partial charge is 0.445 e. The standard InChI is InChI=1S/C19H24N6O3S2/c1-6-13-22-23-18(30-13)21-12(26)9-29-15-11(7-10(2)3)8-20-16-14(15)17(27)25(5)19(28)24(16)4/h8,10,14H,6-7,9H2,1-5H3/p+1. The number of carbonyl (C=O) groups excluding carboxylic acids is 3. The molecule has 3 heterocycles. The van der Waals surface area contributed by atoms with Crippen molar-refractivity contribution in [3.05, 3.63) is 15.5 Å². The molecule has 0 aliphatic carbocycles. The van der Waals surface area contributed by atoms with Crippen LogP contribution in [-0.2, 0) is 16.0 Å². The van der Waals surface area contributed by atoms with Crippen LogP contribution in [-0.4, -0.2) is 69.4 Å². The van der Waals surface area contributed by atoms with Gasteiger partial charge in [-0.15, -0.1) is 27.0 Å². The Balaban J connectivity index is 1.84. The number of allylic oxidation sites excluding steroid dienone is 1. The van der Waals surface area contributed by atoms with Crippen molar-refractivity contribution < 1.29 is 19.0 Å². The van der Waals surface area contributed by atoms with Crippen molar-refractivity contribution in [2.75, 3.05) is 25.2 Å². The highest BCUT2D eigenvalue weighted by molar-refractivity contribution is 8.03. The second kappa shape index (κ2) is 9.17. The number of nitrogens with one attached hydrogen (secondary N) is 1. The molecule has 1 N–H and O–H groups in total. The fourth-order valence-corrected chi connectivity index (χ4v) is 4.96. The van der Waals surface area contributed by atoms with Crippen molar-refractivity contribution >= 4 is 58.1 Å². The number of hydrogen-bond donors (Lipinski definition) is 1. The van der Waals surface area contributed by atoms with Gasteiger partial charge in [-0.3, -0.25) is 14.9 Å². The molecule has 1 unspecified atom stereocenters. The van der Waals surface area contributed by atoms with Crippen LogP contribution < -0.4 is 5.32 Å². The van der Waals surface area contributed by atoms with Gasteiger partial charge in [-0.05, 0) is 24.3 Å². The van der Waals surface area contributed by atoms with Crippen molar-refractivity contribution in [3.8, 4) is 0 Å². The summed E-state index contributed by atoms with van der Waals surface area (Å²) in [4.78, 5) is 44.0. The van der Waals surface area contributed by atoms with Crippen LogP contribution in [0.5, 0.6) is 0 Å². The minimum absolute atomic E-state index is 0.115. The van der Waals surface area contributed by atoms with Crippen LogP contribution in [0.2, 0.25) is 0 Å². The number of aliphatic imine (C=N–C) groups is 1. The number of rotatable bonds is 7. The number of anilines is 1. The third kappa shape index (κ3) is 4.51. The number of dihydropyridines is 1. The van der Waals surface area contributed by atoms with Crippen molar-refractivity contribution in [3.63, 3.8) is 0 Å². The summed E-state index contributed by atoms with van der Waals surface area (Å²) < 4.78 is 1.39. The van der Waals surface area contributed by atoms with Crippen LogP contribution in [0, 0.1) is 11.8 Å². The van der Waals surface area contributed by atoms with Crippen molar-refractivity contribution in [2.45, 2.75) is 33.6 Å². The zero-order valence-electron chi connectivity index (χ0n) is 17.6. The average molecular weight is 450 g/mol. The Morgan fingerprint density at radius 1 is 1.37 bits per heavy atom. The van der Waals surface area contributed by atoms with Gasteiger partial charge in [0.1, 0.15) is 11.2 Å². The molecule has 2 aliphatic heterocycles. The predicted molar refractivity (Wildman–Crippen MR) is 118 cm³/mol. The number of imide groups is 1. The van der Waals surface area contributed by atoms with E-state index in [9.17, 15) is 14.4 Å². The lowest BCUT2D eigenvalue weighted by Crippen LogP contribution is -2.52. The van der Waals surface area contributed by atoms with Gasteiger partial charge >= 0.3 is 11.9 Å². The summed E-state index contributed by atoms with van der Waals surface area (Å²) in [5, 5.41) is 12.0. The quantitative estimate of drug-likeness (QED) is 0.641. The molecule has 1 atom stereocenters. The number of carbonyl (C=O) groups is 3. The number of hydrogen-bond acceptors (Lipinski definition) is 8. The number of aromatic nitrogens is 2. The van der Waals surface area contributed by atoms with E-state index < -0.39 is 11.9 Å². The number of amidine groups is 1. The number of nitrogens with zero attached hydrogens (tertiary/aromatic N) is 5. The van der Waals surface area contributed by atoms with E-state index in [1.807, 2.05) is 6.92 Å². The van der Waals surface area contributed by atoms with Crippen LogP contribution in [0.3, 0.4) is 0 Å². The molecule has 0 spiro atoms. The number of amides is 4. The van der Waals surface area contributed by atoms with Gasteiger partial charge in [-0.25, -0.2) is 4.79 Å². The van der Waals surface area contributed by atoms with E-state index in [0.717, 1.165) is 33.2 Å². The minimum atomic E-state index is -0.678. The van der Waals surface area contributed by atoms with Crippen LogP contribution in [0.4, 0.5) is 9.93 Å². The van der Waals surface area contributed by atoms with Crippen LogP contribution in [0.25, 0.3) is 0 Å². The molecule has 0 saturated carbocycles. The van der Waals surface area contributed by atoms with Gasteiger partial charge in [-0.2, -0.15) is 9.48 Å². The molecule has 0 aromatic carbocycles. The number of urea groups is 1. The molecular weight excluding hydrogens is 424 g/mol. The summed E-state index contributed by atoms with van der Waals surface area (Å²) in [6, 6.07) is -0.416. The molecule has 1 aromatic rings. The Morgan fingerprint density at radius 3 is 2.73 bits per heavy atom. The van der Waals surface area contributed by atoms with E-state index in [0.29, 0.717) is 16.9 Å². The first-order chi connectivity index (χ1) is 14.2. The van der Waals surface area contributed by atoms with Crippen LogP contribution in [0.1, 0.15) is 32.2 Å². The lowest BCUT2D eigenvalue weighted by molar-refractivity contribution is -0.407. The van der Waals surface area contributed by atoms with E-state index in [4.69, 9.17) is 0 Å². The van der Waals surface area contributed by atoms with Gasteiger partial charge in [0.25, 0.3) is 5.84 Å². The molecule has 0 radical (unpaired) electrons. The molecule has 4 amide bonds. The Morgan fingerprint density at radius 2 is 2.10 bits per heavy atom. The summed E-state index contributed by atoms with van der Waals surface area (Å²) in [5.41, 5.74) is 0.922. The molecule has 0 bridgehead atoms. The highest BCUT2D eigenvalue weighted by atomic mass is 32.2. The maximum absolute atomic E-state index is 12.9. The van der Waals surface area contributed by atoms with E-state index in [-0.39, 0.29) is 17.6 Å². The van der Waals surface area contributed by atoms with Crippen molar-refractivity contribution in [1.29, 1.82) is 0 Å². The minimum Gasteiger partial charge on any atom is -0.300 e. The molecule has 30 heavy (non-hydrogen) atoms. The van der Waals surface area contributed by atoms with E-state index >= 15 is 0 Å². The number of thioether (sulfide) groups is 1. The molecule has 11 heteroatoms. The summed E-state index contributed by atoms with van der Waals surface area (Å²) in [6.45, 7) is 6.14. The zero-order valence-corrected chi connectivity index (χ0v) is 19.3. The Labute approximate surface area is 183 Å². The van der Waals surface area contributed by atoms with Gasteiger partial charge in [-0.1, -0.05) is 32.1 Å². The fourth-order valence-electron chi connectivity index (χ4n) is 3.21. The van der Waals surface area contributed by atoms with Crippen molar-refractivity contribution in [2.24, 2.45) is 16.8 Å². The number of fused-ring (bicyclic) bond motifs is 1. The van der Waals surface area contributed by atoms with Gasteiger partial charge < -0.3 is 0 Å². The van der Waals surface area contributed by atoms with E-state index in [2.05, 4.69) is 34.4 Å². The summed E-state index contributed by atoms with van der Waals surface area (Å²) in [5.74, 6) is -0.365. The average Bonchev–Trinajstić information content (AvgIpc) is 3.16. The summed E-state index contributed by atoms with van der Waals surface area (Å²) in [7, 11) is 3.07. The van der Waals surface area contributed by atoms with Gasteiger partial charge in [0.15, 0.2) is 5.92 Å². The lowest BCUT2D eigenvalue weighted by atomic mass is 9.94. The third-order valence-electron chi connectivity index (χ3n) is 4.69. The predicted octanol–water partition coefficient (Wildman–Crippen LogP) is 2.41. The summed E-state index contributed by atoms with van der Waals surface area (Å²) in [6.07, 6.45) is 3.20. The second-order valence-corrected chi connectivity index (χ2v) is 9.55. The first-order valence-corrected chi connectivity index (χ1v) is 11.5. The first kappa shape index (κ1) is 22.3. The molecule has 0 saturated heterocycles. The molecule has 160 valence electrons. The monoisotopic (exact) mass is 449 g/mol. The number of aryl methyl sites for hydroxylation is 1. The SMILES string of the molecule is CCc1nnc(NC(=O)CSC2=C(CC(C)C)C=NC3=[N+](C)C(=O)N(C)C(=O)C23)s1. The van der Waals surface area contributed by atoms with Gasteiger partial charge in [0, 0.05) is 4.91 Å². The van der Waals surface area contributed by atoms with E-state index in [1.165, 1.54) is 34.7 Å². The summed E-state index contributed by atoms with van der Waals surface area (Å²) >= 11 is 2.65. The lowest BCUT2D eigenvalue weighted by Gasteiger charge is -2.28. The molecule has 1 aromatic heterocycles. The third-order valence-corrected chi connectivity index (χ3v) is 6.89. The Hall–Kier alpha value is -2.40. The normalized spacial score (nSPS) is 19.1.